The molecule has 116 valence electrons. The molecular formula is C16H16Cl2N2S2. The average molecular weight is 371 g/mol. The van der Waals surface area contributed by atoms with Crippen LogP contribution in [0.15, 0.2) is 52.4 Å². The molecule has 2 nitrogen and oxygen atoms in total. The van der Waals surface area contributed by atoms with Crippen LogP contribution in [0.4, 0.5) is 5.69 Å². The summed E-state index contributed by atoms with van der Waals surface area (Å²) in [4.78, 5) is 5.39. The van der Waals surface area contributed by atoms with Crippen molar-refractivity contribution in [2.24, 2.45) is 10.7 Å². The second kappa shape index (κ2) is 8.73. The monoisotopic (exact) mass is 370 g/mol. The van der Waals surface area contributed by atoms with Gasteiger partial charge in [-0.05, 0) is 42.8 Å². The third kappa shape index (κ3) is 5.76. The molecule has 0 heterocycles. The Labute approximate surface area is 149 Å². The first-order valence-electron chi connectivity index (χ1n) is 6.66. The van der Waals surface area contributed by atoms with Crippen LogP contribution in [-0.2, 0) is 0 Å². The number of aliphatic imine (C=N–C) groups is 1. The molecule has 2 rings (SSSR count). The lowest BCUT2D eigenvalue weighted by Gasteiger charge is -2.05. The number of thioether (sulfide) groups is 2. The number of hydrogen-bond acceptors (Lipinski definition) is 3. The topological polar surface area (TPSA) is 38.4 Å². The minimum absolute atomic E-state index is 0.573. The van der Waals surface area contributed by atoms with Crippen molar-refractivity contribution in [3.63, 3.8) is 0 Å². The first-order valence-corrected chi connectivity index (χ1v) is 9.39. The van der Waals surface area contributed by atoms with Crippen LogP contribution in [0.2, 0.25) is 10.0 Å². The van der Waals surface area contributed by atoms with E-state index in [9.17, 15) is 0 Å². The summed E-state index contributed by atoms with van der Waals surface area (Å²) >= 11 is 15.3. The van der Waals surface area contributed by atoms with Gasteiger partial charge in [0.25, 0.3) is 0 Å². The predicted octanol–water partition coefficient (Wildman–Crippen LogP) is 5.77. The van der Waals surface area contributed by atoms with E-state index in [2.05, 4.69) is 4.99 Å². The SMILES string of the molecule is Cc1cccc(N=C(N)SCCSc2cc(Cl)ccc2Cl)c1. The molecule has 0 unspecified atom stereocenters. The molecule has 2 aromatic carbocycles. The summed E-state index contributed by atoms with van der Waals surface area (Å²) in [6.45, 7) is 2.04. The van der Waals surface area contributed by atoms with Crippen LogP contribution < -0.4 is 5.73 Å². The molecule has 0 aliphatic heterocycles. The first kappa shape index (κ1) is 17.5. The van der Waals surface area contributed by atoms with Gasteiger partial charge in [0.05, 0.1) is 10.7 Å². The predicted molar refractivity (Wildman–Crippen MR) is 102 cm³/mol. The van der Waals surface area contributed by atoms with Gasteiger partial charge in [0.2, 0.25) is 0 Å². The van der Waals surface area contributed by atoms with E-state index in [1.807, 2.05) is 43.3 Å². The Bertz CT molecular complexity index is 675. The number of amidine groups is 1. The Kier molecular flexibility index (Phi) is 6.96. The second-order valence-corrected chi connectivity index (χ2v) is 7.66. The number of nitrogens with zero attached hydrogens (tertiary/aromatic N) is 1. The van der Waals surface area contributed by atoms with Gasteiger partial charge in [0, 0.05) is 21.4 Å². The molecule has 0 aliphatic carbocycles. The minimum Gasteiger partial charge on any atom is -0.378 e. The van der Waals surface area contributed by atoms with Crippen LogP contribution in [0.5, 0.6) is 0 Å². The molecular weight excluding hydrogens is 355 g/mol. The summed E-state index contributed by atoms with van der Waals surface area (Å²) in [7, 11) is 0. The fraction of sp³-hybridized carbons (Fsp3) is 0.188. The van der Waals surface area contributed by atoms with Crippen molar-refractivity contribution in [1.29, 1.82) is 0 Å². The Morgan fingerprint density at radius 3 is 2.73 bits per heavy atom. The third-order valence-electron chi connectivity index (χ3n) is 2.73. The molecule has 0 radical (unpaired) electrons. The maximum atomic E-state index is 6.13. The molecule has 2 aromatic rings. The Morgan fingerprint density at radius 1 is 1.14 bits per heavy atom. The molecule has 0 fully saturated rings. The van der Waals surface area contributed by atoms with Gasteiger partial charge in [-0.3, -0.25) is 0 Å². The van der Waals surface area contributed by atoms with Gasteiger partial charge in [0.1, 0.15) is 0 Å². The lowest BCUT2D eigenvalue weighted by atomic mass is 10.2. The Balaban J connectivity index is 1.82. The van der Waals surface area contributed by atoms with Gasteiger partial charge >= 0.3 is 0 Å². The van der Waals surface area contributed by atoms with Crippen LogP contribution in [0.25, 0.3) is 0 Å². The molecule has 22 heavy (non-hydrogen) atoms. The number of rotatable bonds is 5. The molecule has 0 saturated heterocycles. The maximum Gasteiger partial charge on any atom is 0.159 e. The first-order chi connectivity index (χ1) is 10.5. The number of nitrogens with two attached hydrogens (primary N) is 1. The number of aryl methyl sites for hydroxylation is 1. The molecule has 0 amide bonds. The van der Waals surface area contributed by atoms with Crippen LogP contribution in [0, 0.1) is 6.92 Å². The fourth-order valence-electron chi connectivity index (χ4n) is 1.74. The summed E-state index contributed by atoms with van der Waals surface area (Å²) < 4.78 is 0. The lowest BCUT2D eigenvalue weighted by Crippen LogP contribution is -2.07. The van der Waals surface area contributed by atoms with Crippen LogP contribution in [0.1, 0.15) is 5.56 Å². The van der Waals surface area contributed by atoms with E-state index in [-0.39, 0.29) is 0 Å². The summed E-state index contributed by atoms with van der Waals surface area (Å²) in [5, 5.41) is 1.99. The standard InChI is InChI=1S/C16H16Cl2N2S2/c1-11-3-2-4-13(9-11)20-16(19)22-8-7-21-15-10-12(17)5-6-14(15)18/h2-6,9-10H,7-8H2,1H3,(H2,19,20). The number of halogens is 2. The molecule has 0 atom stereocenters. The van der Waals surface area contributed by atoms with E-state index < -0.39 is 0 Å². The zero-order chi connectivity index (χ0) is 15.9. The van der Waals surface area contributed by atoms with E-state index in [0.717, 1.165) is 27.1 Å². The summed E-state index contributed by atoms with van der Waals surface area (Å²) in [5.41, 5.74) is 8.00. The molecule has 0 aliphatic rings. The summed E-state index contributed by atoms with van der Waals surface area (Å²) in [5.74, 6) is 1.74. The van der Waals surface area contributed by atoms with Crippen LogP contribution in [0.3, 0.4) is 0 Å². The van der Waals surface area contributed by atoms with Crippen LogP contribution >= 0.6 is 46.7 Å². The fourth-order valence-corrected chi connectivity index (χ4v) is 3.94. The van der Waals surface area contributed by atoms with E-state index in [4.69, 9.17) is 28.9 Å². The molecule has 2 N–H and O–H groups in total. The molecule has 0 aromatic heterocycles. The molecule has 0 saturated carbocycles. The normalized spacial score (nSPS) is 11.7. The lowest BCUT2D eigenvalue weighted by molar-refractivity contribution is 1.42. The van der Waals surface area contributed by atoms with E-state index in [1.165, 1.54) is 17.3 Å². The number of hydrogen-bond donors (Lipinski definition) is 1. The van der Waals surface area contributed by atoms with Gasteiger partial charge in [-0.1, -0.05) is 47.1 Å². The Morgan fingerprint density at radius 2 is 1.95 bits per heavy atom. The second-order valence-electron chi connectivity index (χ2n) is 4.56. The molecule has 0 spiro atoms. The largest absolute Gasteiger partial charge is 0.378 e. The maximum absolute atomic E-state index is 6.13. The number of benzene rings is 2. The zero-order valence-corrected chi connectivity index (χ0v) is 15.2. The Hall–Kier alpha value is -0.810. The highest BCUT2D eigenvalue weighted by Gasteiger charge is 2.03. The van der Waals surface area contributed by atoms with Gasteiger partial charge in [-0.2, -0.15) is 0 Å². The van der Waals surface area contributed by atoms with Crippen molar-refractivity contribution >= 4 is 57.6 Å². The van der Waals surface area contributed by atoms with Crippen molar-refractivity contribution in [3.8, 4) is 0 Å². The average Bonchev–Trinajstić information content (AvgIpc) is 2.47. The van der Waals surface area contributed by atoms with Crippen molar-refractivity contribution in [3.05, 3.63) is 58.1 Å². The van der Waals surface area contributed by atoms with Crippen molar-refractivity contribution < 1.29 is 0 Å². The van der Waals surface area contributed by atoms with Gasteiger partial charge in [0.15, 0.2) is 5.17 Å². The van der Waals surface area contributed by atoms with Gasteiger partial charge in [-0.15, -0.1) is 11.8 Å². The highest BCUT2D eigenvalue weighted by molar-refractivity contribution is 8.14. The molecule has 6 heteroatoms. The van der Waals surface area contributed by atoms with E-state index in [0.29, 0.717) is 10.2 Å². The van der Waals surface area contributed by atoms with E-state index in [1.54, 1.807) is 17.8 Å². The van der Waals surface area contributed by atoms with Crippen molar-refractivity contribution in [2.75, 3.05) is 11.5 Å². The van der Waals surface area contributed by atoms with Gasteiger partial charge < -0.3 is 5.73 Å². The van der Waals surface area contributed by atoms with Gasteiger partial charge in [-0.25, -0.2) is 4.99 Å². The minimum atomic E-state index is 0.573. The highest BCUT2D eigenvalue weighted by Crippen LogP contribution is 2.30. The summed E-state index contributed by atoms with van der Waals surface area (Å²) in [6, 6.07) is 13.4. The van der Waals surface area contributed by atoms with Crippen molar-refractivity contribution in [2.45, 2.75) is 11.8 Å². The third-order valence-corrected chi connectivity index (χ3v) is 5.51. The van der Waals surface area contributed by atoms with Crippen LogP contribution in [-0.4, -0.2) is 16.7 Å². The zero-order valence-electron chi connectivity index (χ0n) is 12.1. The molecule has 0 bridgehead atoms. The van der Waals surface area contributed by atoms with E-state index >= 15 is 0 Å². The highest BCUT2D eigenvalue weighted by atomic mass is 35.5. The summed E-state index contributed by atoms with van der Waals surface area (Å²) in [6.07, 6.45) is 0. The smallest absolute Gasteiger partial charge is 0.159 e. The quantitative estimate of drug-likeness (QED) is 0.314. The van der Waals surface area contributed by atoms with Crippen molar-refractivity contribution in [1.82, 2.24) is 0 Å².